The number of piperidine rings is 1. The zero-order valence-corrected chi connectivity index (χ0v) is 12.5. The summed E-state index contributed by atoms with van der Waals surface area (Å²) >= 11 is 0. The van der Waals surface area contributed by atoms with Gasteiger partial charge in [-0.1, -0.05) is 6.07 Å². The lowest BCUT2D eigenvalue weighted by molar-refractivity contribution is -0.143. The van der Waals surface area contributed by atoms with Crippen LogP contribution in [0.2, 0.25) is 0 Å². The minimum atomic E-state index is -0.750. The fourth-order valence-electron chi connectivity index (χ4n) is 2.89. The van der Waals surface area contributed by atoms with E-state index in [4.69, 9.17) is 9.52 Å². The summed E-state index contributed by atoms with van der Waals surface area (Å²) in [6.07, 6.45) is 1.20. The summed E-state index contributed by atoms with van der Waals surface area (Å²) in [6, 6.07) is 6.95. The first-order valence-electron chi connectivity index (χ1n) is 7.53. The Labute approximate surface area is 132 Å². The topological polar surface area (TPSA) is 53.7 Å². The van der Waals surface area contributed by atoms with Gasteiger partial charge in [0.15, 0.2) is 0 Å². The summed E-state index contributed by atoms with van der Waals surface area (Å²) in [4.78, 5) is 13.0. The van der Waals surface area contributed by atoms with Crippen LogP contribution in [0.3, 0.4) is 0 Å². The number of furan rings is 1. The molecular weight excluding hydrogens is 304 g/mol. The summed E-state index contributed by atoms with van der Waals surface area (Å²) < 4.78 is 33.1. The maximum Gasteiger partial charge on any atom is 0.306 e. The van der Waals surface area contributed by atoms with Gasteiger partial charge in [0.1, 0.15) is 23.2 Å². The molecule has 1 fully saturated rings. The molecule has 6 heteroatoms. The van der Waals surface area contributed by atoms with E-state index >= 15 is 0 Å². The summed E-state index contributed by atoms with van der Waals surface area (Å²) in [6.45, 7) is 1.84. The predicted molar refractivity (Wildman–Crippen MR) is 79.7 cm³/mol. The zero-order valence-electron chi connectivity index (χ0n) is 12.5. The van der Waals surface area contributed by atoms with Crippen molar-refractivity contribution >= 4 is 5.97 Å². The van der Waals surface area contributed by atoms with Crippen molar-refractivity contribution in [2.24, 2.45) is 5.92 Å². The number of halogens is 2. The minimum absolute atomic E-state index is 0.163. The third-order valence-corrected chi connectivity index (χ3v) is 4.19. The number of carboxylic acid groups (broad SMARTS) is 1. The van der Waals surface area contributed by atoms with Gasteiger partial charge < -0.3 is 9.52 Å². The van der Waals surface area contributed by atoms with Gasteiger partial charge in [0.25, 0.3) is 0 Å². The van der Waals surface area contributed by atoms with Crippen molar-refractivity contribution in [1.82, 2.24) is 4.90 Å². The second-order valence-corrected chi connectivity index (χ2v) is 5.75. The summed E-state index contributed by atoms with van der Waals surface area (Å²) in [5.41, 5.74) is -0.164. The summed E-state index contributed by atoms with van der Waals surface area (Å²) in [5.74, 6) is -1.58. The summed E-state index contributed by atoms with van der Waals surface area (Å²) in [5, 5.41) is 8.99. The van der Waals surface area contributed by atoms with Gasteiger partial charge >= 0.3 is 5.97 Å². The van der Waals surface area contributed by atoms with Crippen LogP contribution in [-0.2, 0) is 11.3 Å². The molecule has 2 heterocycles. The molecule has 1 aliphatic heterocycles. The maximum atomic E-state index is 13.8. The van der Waals surface area contributed by atoms with Crippen LogP contribution in [0, 0.1) is 17.6 Å². The van der Waals surface area contributed by atoms with Crippen molar-refractivity contribution < 1.29 is 23.1 Å². The first kappa shape index (κ1) is 15.7. The van der Waals surface area contributed by atoms with E-state index in [1.807, 2.05) is 0 Å². The molecule has 3 rings (SSSR count). The molecule has 0 amide bonds. The molecule has 4 nitrogen and oxygen atoms in total. The normalized spacial score (nSPS) is 16.6. The Morgan fingerprint density at radius 1 is 1.17 bits per heavy atom. The number of aliphatic carboxylic acids is 1. The SMILES string of the molecule is O=C(O)C1CCN(Cc2ccc(-c3c(F)cccc3F)o2)CC1. The van der Waals surface area contributed by atoms with Crippen molar-refractivity contribution in [2.75, 3.05) is 13.1 Å². The van der Waals surface area contributed by atoms with Crippen LogP contribution in [0.4, 0.5) is 8.78 Å². The molecule has 0 saturated carbocycles. The van der Waals surface area contributed by atoms with Gasteiger partial charge in [0.2, 0.25) is 0 Å². The third-order valence-electron chi connectivity index (χ3n) is 4.19. The van der Waals surface area contributed by atoms with Crippen LogP contribution < -0.4 is 0 Å². The van der Waals surface area contributed by atoms with E-state index in [0.717, 1.165) is 0 Å². The maximum absolute atomic E-state index is 13.8. The van der Waals surface area contributed by atoms with Crippen molar-refractivity contribution in [3.63, 3.8) is 0 Å². The molecule has 0 radical (unpaired) electrons. The molecular formula is C17H17F2NO3. The van der Waals surface area contributed by atoms with Crippen LogP contribution in [0.15, 0.2) is 34.7 Å². The lowest BCUT2D eigenvalue weighted by Gasteiger charge is -2.29. The monoisotopic (exact) mass is 321 g/mol. The number of benzene rings is 1. The highest BCUT2D eigenvalue weighted by Crippen LogP contribution is 2.28. The lowest BCUT2D eigenvalue weighted by Crippen LogP contribution is -2.35. The van der Waals surface area contributed by atoms with Crippen LogP contribution in [0.25, 0.3) is 11.3 Å². The Kier molecular flexibility index (Phi) is 4.43. The van der Waals surface area contributed by atoms with E-state index in [1.54, 1.807) is 12.1 Å². The number of hydrogen-bond acceptors (Lipinski definition) is 3. The molecule has 1 aliphatic rings. The third kappa shape index (κ3) is 3.42. The van der Waals surface area contributed by atoms with Gasteiger partial charge in [0.05, 0.1) is 18.0 Å². The zero-order chi connectivity index (χ0) is 16.4. The fourth-order valence-corrected chi connectivity index (χ4v) is 2.89. The number of rotatable bonds is 4. The molecule has 122 valence electrons. The van der Waals surface area contributed by atoms with E-state index in [9.17, 15) is 13.6 Å². The molecule has 0 atom stereocenters. The second kappa shape index (κ2) is 6.50. The molecule has 1 aromatic heterocycles. The van der Waals surface area contributed by atoms with Gasteiger partial charge in [-0.3, -0.25) is 9.69 Å². The number of carboxylic acids is 1. The first-order valence-corrected chi connectivity index (χ1v) is 7.53. The molecule has 0 spiro atoms. The average Bonchev–Trinajstić information content (AvgIpc) is 2.96. The van der Waals surface area contributed by atoms with E-state index in [1.165, 1.54) is 18.2 Å². The van der Waals surface area contributed by atoms with Crippen LogP contribution >= 0.6 is 0 Å². The Morgan fingerprint density at radius 2 is 1.83 bits per heavy atom. The first-order chi connectivity index (χ1) is 11.0. The molecule has 0 unspecified atom stereocenters. The number of likely N-dealkylation sites (tertiary alicyclic amines) is 1. The second-order valence-electron chi connectivity index (χ2n) is 5.75. The van der Waals surface area contributed by atoms with Crippen LogP contribution in [-0.4, -0.2) is 29.1 Å². The highest BCUT2D eigenvalue weighted by molar-refractivity contribution is 5.70. The number of carbonyl (C=O) groups is 1. The molecule has 1 N–H and O–H groups in total. The Balaban J connectivity index is 1.68. The highest BCUT2D eigenvalue weighted by Gasteiger charge is 2.25. The Bertz CT molecular complexity index is 685. The lowest BCUT2D eigenvalue weighted by atomic mass is 9.97. The number of hydrogen-bond donors (Lipinski definition) is 1. The summed E-state index contributed by atoms with van der Waals surface area (Å²) in [7, 11) is 0. The van der Waals surface area contributed by atoms with E-state index < -0.39 is 17.6 Å². The molecule has 1 saturated heterocycles. The van der Waals surface area contributed by atoms with Crippen LogP contribution in [0.5, 0.6) is 0 Å². The van der Waals surface area contributed by atoms with Crippen molar-refractivity contribution in [3.05, 3.63) is 47.7 Å². The van der Waals surface area contributed by atoms with Gasteiger partial charge in [-0.05, 0) is 50.2 Å². The molecule has 23 heavy (non-hydrogen) atoms. The van der Waals surface area contributed by atoms with Gasteiger partial charge in [-0.15, -0.1) is 0 Å². The average molecular weight is 321 g/mol. The van der Waals surface area contributed by atoms with Crippen molar-refractivity contribution in [2.45, 2.75) is 19.4 Å². The van der Waals surface area contributed by atoms with E-state index in [2.05, 4.69) is 4.90 Å². The largest absolute Gasteiger partial charge is 0.481 e. The molecule has 2 aromatic rings. The fraction of sp³-hybridized carbons (Fsp3) is 0.353. The highest BCUT2D eigenvalue weighted by atomic mass is 19.1. The minimum Gasteiger partial charge on any atom is -0.481 e. The quantitative estimate of drug-likeness (QED) is 0.936. The van der Waals surface area contributed by atoms with Crippen molar-refractivity contribution in [3.8, 4) is 11.3 Å². The molecule has 0 bridgehead atoms. The standard InChI is InChI=1S/C17H17F2NO3/c18-13-2-1-3-14(19)16(13)15-5-4-12(23-15)10-20-8-6-11(7-9-20)17(21)22/h1-5,11H,6-10H2,(H,21,22). The Morgan fingerprint density at radius 3 is 2.43 bits per heavy atom. The van der Waals surface area contributed by atoms with Gasteiger partial charge in [-0.2, -0.15) is 0 Å². The van der Waals surface area contributed by atoms with E-state index in [0.29, 0.717) is 38.2 Å². The van der Waals surface area contributed by atoms with E-state index in [-0.39, 0.29) is 17.2 Å². The smallest absolute Gasteiger partial charge is 0.306 e. The van der Waals surface area contributed by atoms with Crippen LogP contribution in [0.1, 0.15) is 18.6 Å². The molecule has 0 aliphatic carbocycles. The predicted octanol–water partition coefficient (Wildman–Crippen LogP) is 3.52. The van der Waals surface area contributed by atoms with Crippen molar-refractivity contribution in [1.29, 1.82) is 0 Å². The Hall–Kier alpha value is -2.21. The van der Waals surface area contributed by atoms with Gasteiger partial charge in [-0.25, -0.2) is 8.78 Å². The number of nitrogens with zero attached hydrogens (tertiary/aromatic N) is 1. The van der Waals surface area contributed by atoms with Gasteiger partial charge in [0, 0.05) is 0 Å². The molecule has 1 aromatic carbocycles.